The molecular weight excluding hydrogens is 144 g/mol. The second-order valence-corrected chi connectivity index (χ2v) is 1.53. The average molecular weight is 154 g/mol. The summed E-state index contributed by atoms with van der Waals surface area (Å²) in [6, 6.07) is 0. The van der Waals surface area contributed by atoms with Crippen molar-refractivity contribution in [3.8, 4) is 0 Å². The predicted molar refractivity (Wildman–Crippen MR) is 30.3 cm³/mol. The summed E-state index contributed by atoms with van der Waals surface area (Å²) in [6.45, 7) is -0.756. The second kappa shape index (κ2) is 5.12. The number of carboxylic acids is 1. The van der Waals surface area contributed by atoms with Crippen molar-refractivity contribution in [3.05, 3.63) is 0 Å². The zero-order valence-corrected chi connectivity index (χ0v) is 5.06. The van der Waals surface area contributed by atoms with E-state index in [1.807, 2.05) is 0 Å². The van der Waals surface area contributed by atoms with Crippen molar-refractivity contribution in [2.75, 3.05) is 6.61 Å². The zero-order valence-electron chi connectivity index (χ0n) is 5.06. The van der Waals surface area contributed by atoms with Gasteiger partial charge < -0.3 is 25.9 Å². The molecule has 0 heterocycles. The first-order chi connectivity index (χ1) is 4.09. The number of aliphatic hydroxyl groups is 3. The highest BCUT2D eigenvalue weighted by molar-refractivity contribution is 5.72. The van der Waals surface area contributed by atoms with E-state index in [9.17, 15) is 4.79 Å². The second-order valence-electron chi connectivity index (χ2n) is 1.53. The SMILES string of the molecule is O.O=C(O)[C@@H](O)[C@H](O)CO. The lowest BCUT2D eigenvalue weighted by molar-refractivity contribution is -0.154. The standard InChI is InChI=1S/C4H8O5.H2O/c5-1-2(6)3(7)4(8)9;/h2-3,5-7H,1H2,(H,8,9);1H2/t2-,3+;/m1./s1. The van der Waals surface area contributed by atoms with Crippen LogP contribution in [-0.4, -0.2) is 50.7 Å². The molecule has 0 aromatic heterocycles. The molecule has 0 amide bonds. The van der Waals surface area contributed by atoms with Gasteiger partial charge in [-0.05, 0) is 0 Å². The van der Waals surface area contributed by atoms with Gasteiger partial charge in [-0.2, -0.15) is 0 Å². The number of hydrogen-bond donors (Lipinski definition) is 4. The van der Waals surface area contributed by atoms with Crippen LogP contribution in [0.2, 0.25) is 0 Å². The van der Waals surface area contributed by atoms with Gasteiger partial charge in [-0.3, -0.25) is 0 Å². The molecule has 0 aromatic carbocycles. The van der Waals surface area contributed by atoms with Crippen LogP contribution in [0.5, 0.6) is 0 Å². The van der Waals surface area contributed by atoms with Crippen LogP contribution in [0.3, 0.4) is 0 Å². The van der Waals surface area contributed by atoms with Gasteiger partial charge in [0.15, 0.2) is 6.10 Å². The fourth-order valence-corrected chi connectivity index (χ4v) is 0.264. The molecule has 0 aliphatic carbocycles. The predicted octanol–water partition coefficient (Wildman–Crippen LogP) is -3.04. The van der Waals surface area contributed by atoms with Gasteiger partial charge in [-0.1, -0.05) is 0 Å². The molecule has 2 atom stereocenters. The Hall–Kier alpha value is -0.690. The summed E-state index contributed by atoms with van der Waals surface area (Å²) in [6.07, 6.45) is -3.49. The molecule has 0 aliphatic heterocycles. The number of carboxylic acid groups (broad SMARTS) is 1. The molecule has 6 nitrogen and oxygen atoms in total. The van der Waals surface area contributed by atoms with Gasteiger partial charge >= 0.3 is 5.97 Å². The lowest BCUT2D eigenvalue weighted by atomic mass is 10.2. The van der Waals surface area contributed by atoms with Gasteiger partial charge in [0.05, 0.1) is 6.61 Å². The molecular formula is C4H10O6. The van der Waals surface area contributed by atoms with E-state index in [-0.39, 0.29) is 5.48 Å². The molecule has 0 unspecified atom stereocenters. The van der Waals surface area contributed by atoms with Crippen molar-refractivity contribution in [2.24, 2.45) is 0 Å². The number of aliphatic carboxylic acids is 1. The molecule has 0 aliphatic rings. The number of carbonyl (C=O) groups is 1. The Balaban J connectivity index is 0. The Kier molecular flexibility index (Phi) is 6.16. The Labute approximate surface area is 56.7 Å². The van der Waals surface area contributed by atoms with Gasteiger partial charge in [0.2, 0.25) is 0 Å². The number of hydrogen-bond acceptors (Lipinski definition) is 4. The first-order valence-electron chi connectivity index (χ1n) is 2.29. The number of rotatable bonds is 3. The summed E-state index contributed by atoms with van der Waals surface area (Å²) in [7, 11) is 0. The largest absolute Gasteiger partial charge is 0.479 e. The molecule has 0 bridgehead atoms. The third-order valence-corrected chi connectivity index (χ3v) is 0.805. The van der Waals surface area contributed by atoms with E-state index < -0.39 is 24.8 Å². The number of aliphatic hydroxyl groups excluding tert-OH is 3. The van der Waals surface area contributed by atoms with Crippen LogP contribution in [-0.2, 0) is 4.79 Å². The monoisotopic (exact) mass is 154 g/mol. The first-order valence-corrected chi connectivity index (χ1v) is 2.29. The lowest BCUT2D eigenvalue weighted by Gasteiger charge is -2.09. The van der Waals surface area contributed by atoms with Gasteiger partial charge in [-0.15, -0.1) is 0 Å². The van der Waals surface area contributed by atoms with Crippen molar-refractivity contribution in [1.29, 1.82) is 0 Å². The Morgan fingerprint density at radius 2 is 1.80 bits per heavy atom. The van der Waals surface area contributed by atoms with Crippen molar-refractivity contribution in [1.82, 2.24) is 0 Å². The molecule has 6 N–H and O–H groups in total. The van der Waals surface area contributed by atoms with E-state index in [1.54, 1.807) is 0 Å². The van der Waals surface area contributed by atoms with E-state index in [1.165, 1.54) is 0 Å². The summed E-state index contributed by atoms with van der Waals surface area (Å²) in [5.74, 6) is -1.54. The molecule has 62 valence electrons. The molecule has 0 aromatic rings. The summed E-state index contributed by atoms with van der Waals surface area (Å²) in [5.41, 5.74) is 0. The highest BCUT2D eigenvalue weighted by Gasteiger charge is 2.21. The highest BCUT2D eigenvalue weighted by Crippen LogP contribution is 1.90. The van der Waals surface area contributed by atoms with E-state index in [2.05, 4.69) is 0 Å². The van der Waals surface area contributed by atoms with E-state index in [4.69, 9.17) is 20.4 Å². The van der Waals surface area contributed by atoms with Gasteiger partial charge in [-0.25, -0.2) is 4.79 Å². The van der Waals surface area contributed by atoms with Crippen molar-refractivity contribution in [3.63, 3.8) is 0 Å². The summed E-state index contributed by atoms with van der Waals surface area (Å²) < 4.78 is 0. The van der Waals surface area contributed by atoms with Gasteiger partial charge in [0.1, 0.15) is 6.10 Å². The Morgan fingerprint density at radius 3 is 1.90 bits per heavy atom. The van der Waals surface area contributed by atoms with Crippen LogP contribution in [0, 0.1) is 0 Å². The smallest absolute Gasteiger partial charge is 0.335 e. The molecule has 0 saturated carbocycles. The first kappa shape index (κ1) is 12.0. The Bertz CT molecular complexity index is 102. The van der Waals surface area contributed by atoms with Gasteiger partial charge in [0.25, 0.3) is 0 Å². The molecule has 10 heavy (non-hydrogen) atoms. The molecule has 0 spiro atoms. The summed E-state index contributed by atoms with van der Waals surface area (Å²) in [4.78, 5) is 9.78. The van der Waals surface area contributed by atoms with Crippen LogP contribution in [0.15, 0.2) is 0 Å². The third-order valence-electron chi connectivity index (χ3n) is 0.805. The van der Waals surface area contributed by atoms with Crippen LogP contribution in [0.25, 0.3) is 0 Å². The van der Waals surface area contributed by atoms with E-state index >= 15 is 0 Å². The van der Waals surface area contributed by atoms with Crippen molar-refractivity contribution in [2.45, 2.75) is 12.2 Å². The minimum absolute atomic E-state index is 0. The van der Waals surface area contributed by atoms with E-state index in [0.717, 1.165) is 0 Å². The van der Waals surface area contributed by atoms with Crippen LogP contribution >= 0.6 is 0 Å². The zero-order chi connectivity index (χ0) is 7.44. The molecule has 0 fully saturated rings. The Morgan fingerprint density at radius 1 is 1.40 bits per heavy atom. The summed E-state index contributed by atoms with van der Waals surface area (Å²) in [5, 5.41) is 32.8. The van der Waals surface area contributed by atoms with Crippen LogP contribution in [0.1, 0.15) is 0 Å². The van der Waals surface area contributed by atoms with Crippen LogP contribution in [0.4, 0.5) is 0 Å². The maximum Gasteiger partial charge on any atom is 0.335 e. The lowest BCUT2D eigenvalue weighted by Crippen LogP contribution is -2.36. The minimum Gasteiger partial charge on any atom is -0.479 e. The fraction of sp³-hybridized carbons (Fsp3) is 0.750. The van der Waals surface area contributed by atoms with E-state index in [0.29, 0.717) is 0 Å². The molecule has 0 radical (unpaired) electrons. The highest BCUT2D eigenvalue weighted by atomic mass is 16.4. The minimum atomic E-state index is -1.89. The van der Waals surface area contributed by atoms with Crippen LogP contribution < -0.4 is 0 Å². The average Bonchev–Trinajstić information content (AvgIpc) is 1.84. The molecule has 0 saturated heterocycles. The van der Waals surface area contributed by atoms with Crippen molar-refractivity contribution < 1.29 is 30.7 Å². The maximum absolute atomic E-state index is 9.78. The fourth-order valence-electron chi connectivity index (χ4n) is 0.264. The van der Waals surface area contributed by atoms with Gasteiger partial charge in [0, 0.05) is 0 Å². The normalized spacial score (nSPS) is 15.1. The third kappa shape index (κ3) is 3.36. The van der Waals surface area contributed by atoms with Crippen molar-refractivity contribution >= 4 is 5.97 Å². The molecule has 0 rings (SSSR count). The summed E-state index contributed by atoms with van der Waals surface area (Å²) >= 11 is 0. The maximum atomic E-state index is 9.78. The topological polar surface area (TPSA) is 129 Å². The quantitative estimate of drug-likeness (QED) is 0.343. The molecule has 6 heteroatoms.